The fourth-order valence-electron chi connectivity index (χ4n) is 5.56. The maximum atomic E-state index is 13.3. The number of rotatable bonds is 10. The van der Waals surface area contributed by atoms with Gasteiger partial charge in [-0.15, -0.1) is 0 Å². The van der Waals surface area contributed by atoms with Gasteiger partial charge < -0.3 is 15.0 Å². The summed E-state index contributed by atoms with van der Waals surface area (Å²) in [5, 5.41) is 11.7. The molecule has 0 saturated carbocycles. The highest BCUT2D eigenvalue weighted by atomic mass is 32.1. The molecule has 9 heteroatoms. The van der Waals surface area contributed by atoms with Crippen molar-refractivity contribution in [3.05, 3.63) is 86.1 Å². The second-order valence-corrected chi connectivity index (χ2v) is 12.1. The molecular weight excluding hydrogens is 522 g/mol. The molecule has 210 valence electrons. The highest BCUT2D eigenvalue weighted by Gasteiger charge is 2.29. The van der Waals surface area contributed by atoms with Gasteiger partial charge in [-0.3, -0.25) is 14.6 Å². The Labute approximate surface area is 238 Å². The minimum atomic E-state index is -0.169. The predicted octanol–water partition coefficient (Wildman–Crippen LogP) is 4.98. The van der Waals surface area contributed by atoms with Crippen LogP contribution in [0.1, 0.15) is 53.3 Å². The van der Waals surface area contributed by atoms with Crippen LogP contribution in [0.25, 0.3) is 10.9 Å². The number of nitrogens with zero attached hydrogens (tertiary/aromatic N) is 3. The van der Waals surface area contributed by atoms with Crippen molar-refractivity contribution in [2.24, 2.45) is 11.8 Å². The van der Waals surface area contributed by atoms with Crippen LogP contribution >= 0.6 is 11.3 Å². The molecule has 0 bridgehead atoms. The fraction of sp³-hybridized carbons (Fsp3) is 0.419. The fourth-order valence-corrected chi connectivity index (χ4v) is 6.21. The van der Waals surface area contributed by atoms with E-state index in [-0.39, 0.29) is 16.8 Å². The Morgan fingerprint density at radius 3 is 2.60 bits per heavy atom. The van der Waals surface area contributed by atoms with E-state index in [9.17, 15) is 9.59 Å². The third kappa shape index (κ3) is 7.14. The molecule has 2 aromatic carbocycles. The molecule has 0 spiro atoms. The van der Waals surface area contributed by atoms with E-state index in [1.165, 1.54) is 0 Å². The molecule has 2 N–H and O–H groups in total. The first kappa shape index (κ1) is 28.0. The van der Waals surface area contributed by atoms with E-state index in [0.717, 1.165) is 71.0 Å². The number of para-hydroxylation sites is 1. The summed E-state index contributed by atoms with van der Waals surface area (Å²) in [5.41, 5.74) is 3.56. The average molecular weight is 560 g/mol. The van der Waals surface area contributed by atoms with Crippen molar-refractivity contribution in [2.75, 3.05) is 19.6 Å². The van der Waals surface area contributed by atoms with Gasteiger partial charge in [-0.25, -0.2) is 5.10 Å². The Bertz CT molecular complexity index is 1490. The number of aryl methyl sites for hydroxylation is 1. The Hall–Kier alpha value is -3.56. The summed E-state index contributed by atoms with van der Waals surface area (Å²) in [6, 6.07) is 17.3. The molecule has 1 unspecified atom stereocenters. The van der Waals surface area contributed by atoms with Crippen LogP contribution in [-0.2, 0) is 13.0 Å². The van der Waals surface area contributed by atoms with Crippen LogP contribution in [0.15, 0.2) is 59.4 Å². The number of H-pyrrole nitrogens is 1. The van der Waals surface area contributed by atoms with Crippen LogP contribution < -0.4 is 14.9 Å². The van der Waals surface area contributed by atoms with Crippen molar-refractivity contribution in [1.29, 1.82) is 0 Å². The largest absolute Gasteiger partial charge is 0.489 e. The molecule has 4 aromatic rings. The molecule has 8 nitrogen and oxygen atoms in total. The van der Waals surface area contributed by atoms with E-state index in [4.69, 9.17) is 4.74 Å². The Morgan fingerprint density at radius 1 is 1.15 bits per heavy atom. The third-order valence-corrected chi connectivity index (χ3v) is 8.23. The maximum absolute atomic E-state index is 13.3. The lowest BCUT2D eigenvalue weighted by Crippen LogP contribution is -2.47. The van der Waals surface area contributed by atoms with E-state index in [0.29, 0.717) is 36.2 Å². The van der Waals surface area contributed by atoms with Crippen LogP contribution in [0.3, 0.4) is 0 Å². The SMILES string of the molecule is Cc1cc(COc2ccc(C(=O)NC(Cc3n[nH]c(=O)s3)C3CCN(CC(C)C)CC3)cc2)c2ccccc2n1. The number of fused-ring (bicyclic) bond motifs is 1. The van der Waals surface area contributed by atoms with Crippen molar-refractivity contribution in [2.45, 2.75) is 52.7 Å². The predicted molar refractivity (Wildman–Crippen MR) is 159 cm³/mol. The first-order valence-corrected chi connectivity index (χ1v) is 14.8. The number of nitrogens with one attached hydrogen (secondary N) is 2. The van der Waals surface area contributed by atoms with Gasteiger partial charge in [0.2, 0.25) is 0 Å². The highest BCUT2D eigenvalue weighted by molar-refractivity contribution is 7.08. The molecule has 1 amide bonds. The topological polar surface area (TPSA) is 100 Å². The van der Waals surface area contributed by atoms with Gasteiger partial charge in [0.1, 0.15) is 17.4 Å². The quantitative estimate of drug-likeness (QED) is 0.284. The van der Waals surface area contributed by atoms with Crippen LogP contribution in [0.5, 0.6) is 5.75 Å². The smallest absolute Gasteiger partial charge is 0.322 e. The van der Waals surface area contributed by atoms with Gasteiger partial charge in [0, 0.05) is 41.2 Å². The standard InChI is InChI=1S/C31H37N5O3S/c1-20(2)18-36-14-12-22(13-15-36)28(17-29-34-35-31(38)40-29)33-30(37)23-8-10-25(11-9-23)39-19-24-16-21(3)32-27-7-5-4-6-26(24)27/h4-11,16,20,22,28H,12-15,17-19H2,1-3H3,(H,33,37)(H,35,38). The van der Waals surface area contributed by atoms with Crippen molar-refractivity contribution >= 4 is 28.1 Å². The molecule has 1 aliphatic rings. The summed E-state index contributed by atoms with van der Waals surface area (Å²) in [6.45, 7) is 10.0. The Kier molecular flexibility index (Phi) is 8.91. The number of carbonyl (C=O) groups is 1. The molecule has 40 heavy (non-hydrogen) atoms. The van der Waals surface area contributed by atoms with Gasteiger partial charge in [-0.1, -0.05) is 43.4 Å². The summed E-state index contributed by atoms with van der Waals surface area (Å²) in [6.07, 6.45) is 2.56. The molecule has 3 heterocycles. The summed E-state index contributed by atoms with van der Waals surface area (Å²) in [5.74, 6) is 1.53. The number of likely N-dealkylation sites (tertiary alicyclic amines) is 1. The van der Waals surface area contributed by atoms with Crippen LogP contribution in [0.4, 0.5) is 0 Å². The summed E-state index contributed by atoms with van der Waals surface area (Å²) in [4.78, 5) is 31.9. The van der Waals surface area contributed by atoms with E-state index >= 15 is 0 Å². The van der Waals surface area contributed by atoms with Crippen molar-refractivity contribution in [3.8, 4) is 5.75 Å². The molecule has 0 radical (unpaired) electrons. The zero-order valence-corrected chi connectivity index (χ0v) is 24.2. The van der Waals surface area contributed by atoms with E-state index < -0.39 is 0 Å². The lowest BCUT2D eigenvalue weighted by Gasteiger charge is -2.37. The van der Waals surface area contributed by atoms with Gasteiger partial charge in [0.25, 0.3) is 5.91 Å². The monoisotopic (exact) mass is 559 g/mol. The van der Waals surface area contributed by atoms with E-state index in [1.807, 2.05) is 43.3 Å². The normalized spacial score (nSPS) is 15.4. The lowest BCUT2D eigenvalue weighted by atomic mass is 9.87. The Morgan fingerprint density at radius 2 is 1.90 bits per heavy atom. The number of aromatic nitrogens is 3. The molecule has 1 atom stereocenters. The summed E-state index contributed by atoms with van der Waals surface area (Å²) >= 11 is 1.11. The number of pyridine rings is 1. The highest BCUT2D eigenvalue weighted by Crippen LogP contribution is 2.25. The van der Waals surface area contributed by atoms with Crippen molar-refractivity contribution < 1.29 is 9.53 Å². The maximum Gasteiger partial charge on any atom is 0.322 e. The summed E-state index contributed by atoms with van der Waals surface area (Å²) < 4.78 is 6.08. The van der Waals surface area contributed by atoms with Crippen LogP contribution in [0, 0.1) is 18.8 Å². The zero-order chi connectivity index (χ0) is 28.1. The Balaban J connectivity index is 1.23. The molecule has 1 fully saturated rings. The number of piperidine rings is 1. The van der Waals surface area contributed by atoms with Gasteiger partial charge in [-0.2, -0.15) is 5.10 Å². The molecule has 0 aliphatic carbocycles. The van der Waals surface area contributed by atoms with Gasteiger partial charge in [-0.05, 0) is 81.1 Å². The van der Waals surface area contributed by atoms with Crippen molar-refractivity contribution in [3.63, 3.8) is 0 Å². The first-order chi connectivity index (χ1) is 19.3. The number of amides is 1. The zero-order valence-electron chi connectivity index (χ0n) is 23.4. The van der Waals surface area contributed by atoms with Crippen LogP contribution in [0.2, 0.25) is 0 Å². The number of aromatic amines is 1. The minimum Gasteiger partial charge on any atom is -0.489 e. The number of benzene rings is 2. The van der Waals surface area contributed by atoms with Crippen LogP contribution in [-0.4, -0.2) is 51.7 Å². The second kappa shape index (κ2) is 12.7. The summed E-state index contributed by atoms with van der Waals surface area (Å²) in [7, 11) is 0. The van der Waals surface area contributed by atoms with E-state index in [2.05, 4.69) is 45.3 Å². The molecule has 1 saturated heterocycles. The average Bonchev–Trinajstić information content (AvgIpc) is 3.36. The molecule has 2 aromatic heterocycles. The molecule has 5 rings (SSSR count). The number of hydrogen-bond acceptors (Lipinski definition) is 7. The van der Waals surface area contributed by atoms with Gasteiger partial charge in [0.05, 0.1) is 5.52 Å². The number of hydrogen-bond donors (Lipinski definition) is 2. The minimum absolute atomic E-state index is 0.0909. The lowest BCUT2D eigenvalue weighted by molar-refractivity contribution is 0.0889. The molecule has 1 aliphatic heterocycles. The first-order valence-electron chi connectivity index (χ1n) is 14.0. The van der Waals surface area contributed by atoms with Gasteiger partial charge >= 0.3 is 4.87 Å². The van der Waals surface area contributed by atoms with E-state index in [1.54, 1.807) is 12.1 Å². The second-order valence-electron chi connectivity index (χ2n) is 11.1. The molecular formula is C31H37N5O3S. The number of carbonyl (C=O) groups excluding carboxylic acids is 1. The number of ether oxygens (including phenoxy) is 1. The van der Waals surface area contributed by atoms with Crippen molar-refractivity contribution in [1.82, 2.24) is 25.4 Å². The third-order valence-electron chi connectivity index (χ3n) is 7.46. The van der Waals surface area contributed by atoms with Gasteiger partial charge in [0.15, 0.2) is 0 Å².